The second-order valence-electron chi connectivity index (χ2n) is 7.79. The predicted octanol–water partition coefficient (Wildman–Crippen LogP) is 5.29. The van der Waals surface area contributed by atoms with Crippen molar-refractivity contribution in [1.82, 2.24) is 4.90 Å². The third-order valence-electron chi connectivity index (χ3n) is 4.57. The number of ether oxygens (including phenoxy) is 1. The monoisotopic (exact) mass is 397 g/mol. The maximum atomic E-state index is 12.8. The fourth-order valence-electron chi connectivity index (χ4n) is 2.87. The Hall–Kier alpha value is -2.53. The van der Waals surface area contributed by atoms with Gasteiger partial charge < -0.3 is 14.1 Å². The van der Waals surface area contributed by atoms with Crippen LogP contribution in [-0.4, -0.2) is 24.0 Å². The molecule has 0 unspecified atom stereocenters. The molecule has 0 atom stereocenters. The van der Waals surface area contributed by atoms with E-state index in [9.17, 15) is 4.79 Å². The van der Waals surface area contributed by atoms with Crippen LogP contribution in [0.1, 0.15) is 37.0 Å². The lowest BCUT2D eigenvalue weighted by Crippen LogP contribution is -2.35. The van der Waals surface area contributed by atoms with Crippen LogP contribution in [0.2, 0.25) is 0 Å². The minimum atomic E-state index is -0.0483. The number of hydrogen-bond donors (Lipinski definition) is 0. The molecule has 3 aromatic rings. The number of amides is 1. The van der Waals surface area contributed by atoms with Crippen molar-refractivity contribution in [2.24, 2.45) is 0 Å². The molecule has 0 aliphatic heterocycles. The van der Waals surface area contributed by atoms with Gasteiger partial charge in [-0.3, -0.25) is 4.79 Å². The largest absolute Gasteiger partial charge is 0.484 e. The van der Waals surface area contributed by atoms with Gasteiger partial charge in [0, 0.05) is 11.4 Å². The lowest BCUT2D eigenvalue weighted by atomic mass is 9.87. The predicted molar refractivity (Wildman–Crippen MR) is 113 cm³/mol. The first-order valence-corrected chi connectivity index (χ1v) is 10.4. The second kappa shape index (κ2) is 9.11. The molecule has 1 aromatic carbocycles. The van der Waals surface area contributed by atoms with Gasteiger partial charge in [-0.25, -0.2) is 0 Å². The Morgan fingerprint density at radius 2 is 1.89 bits per heavy atom. The maximum absolute atomic E-state index is 12.8. The zero-order valence-electron chi connectivity index (χ0n) is 16.7. The van der Waals surface area contributed by atoms with Crippen molar-refractivity contribution in [2.45, 2.75) is 39.2 Å². The molecule has 0 spiro atoms. The van der Waals surface area contributed by atoms with Crippen molar-refractivity contribution in [1.29, 1.82) is 0 Å². The summed E-state index contributed by atoms with van der Waals surface area (Å²) in [4.78, 5) is 15.8. The van der Waals surface area contributed by atoms with E-state index < -0.39 is 0 Å². The van der Waals surface area contributed by atoms with E-state index in [1.165, 1.54) is 10.4 Å². The number of carbonyl (C=O) groups is 1. The average Bonchev–Trinajstić information content (AvgIpc) is 3.36. The highest BCUT2D eigenvalue weighted by Gasteiger charge is 2.17. The molecule has 0 N–H and O–H groups in total. The average molecular weight is 398 g/mol. The molecule has 148 valence electrons. The van der Waals surface area contributed by atoms with Crippen molar-refractivity contribution in [2.75, 3.05) is 13.2 Å². The quantitative estimate of drug-likeness (QED) is 0.519. The molecule has 1 amide bonds. The normalized spacial score (nSPS) is 11.4. The highest BCUT2D eigenvalue weighted by Crippen LogP contribution is 2.24. The van der Waals surface area contributed by atoms with Crippen LogP contribution in [0, 0.1) is 0 Å². The number of nitrogens with zero attached hydrogens (tertiary/aromatic N) is 1. The van der Waals surface area contributed by atoms with E-state index in [4.69, 9.17) is 9.15 Å². The van der Waals surface area contributed by atoms with Crippen LogP contribution in [0.5, 0.6) is 5.75 Å². The van der Waals surface area contributed by atoms with Crippen molar-refractivity contribution in [3.8, 4) is 5.75 Å². The van der Waals surface area contributed by atoms with Gasteiger partial charge in [-0.15, -0.1) is 11.3 Å². The van der Waals surface area contributed by atoms with E-state index >= 15 is 0 Å². The molecule has 2 aromatic heterocycles. The molecule has 0 aliphatic carbocycles. The molecule has 2 heterocycles. The van der Waals surface area contributed by atoms with E-state index in [1.54, 1.807) is 22.5 Å². The van der Waals surface area contributed by atoms with Crippen LogP contribution in [0.4, 0.5) is 0 Å². The molecule has 0 fully saturated rings. The van der Waals surface area contributed by atoms with Gasteiger partial charge in [0.05, 0.1) is 12.8 Å². The lowest BCUT2D eigenvalue weighted by molar-refractivity contribution is -0.134. The highest BCUT2D eigenvalue weighted by atomic mass is 32.1. The summed E-state index contributed by atoms with van der Waals surface area (Å²) >= 11 is 1.71. The molecule has 0 aliphatic rings. The first-order chi connectivity index (χ1) is 13.4. The van der Waals surface area contributed by atoms with Crippen molar-refractivity contribution >= 4 is 17.2 Å². The topological polar surface area (TPSA) is 42.7 Å². The number of rotatable bonds is 8. The summed E-state index contributed by atoms with van der Waals surface area (Å²) in [7, 11) is 0. The van der Waals surface area contributed by atoms with Gasteiger partial charge in [0.2, 0.25) is 0 Å². The van der Waals surface area contributed by atoms with Crippen LogP contribution in [0.3, 0.4) is 0 Å². The summed E-state index contributed by atoms with van der Waals surface area (Å²) in [6.07, 6.45) is 2.45. The minimum absolute atomic E-state index is 0.0139. The molecule has 0 radical (unpaired) electrons. The summed E-state index contributed by atoms with van der Waals surface area (Å²) < 4.78 is 11.2. The van der Waals surface area contributed by atoms with E-state index in [2.05, 4.69) is 44.4 Å². The molecule has 0 saturated heterocycles. The van der Waals surface area contributed by atoms with Gasteiger partial charge in [-0.2, -0.15) is 0 Å². The van der Waals surface area contributed by atoms with Crippen molar-refractivity contribution in [3.05, 3.63) is 76.4 Å². The van der Waals surface area contributed by atoms with Crippen molar-refractivity contribution < 1.29 is 13.9 Å². The summed E-state index contributed by atoms with van der Waals surface area (Å²) in [6, 6.07) is 15.8. The Labute approximate surface area is 170 Å². The summed E-state index contributed by atoms with van der Waals surface area (Å²) in [5, 5.41) is 2.05. The van der Waals surface area contributed by atoms with Gasteiger partial charge in [-0.05, 0) is 53.1 Å². The summed E-state index contributed by atoms with van der Waals surface area (Å²) in [5.41, 5.74) is 1.33. The zero-order chi connectivity index (χ0) is 20.0. The molecule has 0 saturated carbocycles. The Balaban J connectivity index is 1.59. The Kier molecular flexibility index (Phi) is 6.57. The molecular formula is C23H27NO3S. The number of benzene rings is 1. The third-order valence-corrected chi connectivity index (χ3v) is 5.51. The summed E-state index contributed by atoms with van der Waals surface area (Å²) in [5.74, 6) is 1.43. The third kappa shape index (κ3) is 5.73. The van der Waals surface area contributed by atoms with Gasteiger partial charge in [0.15, 0.2) is 6.61 Å². The smallest absolute Gasteiger partial charge is 0.260 e. The van der Waals surface area contributed by atoms with Crippen LogP contribution in [0.15, 0.2) is 64.6 Å². The highest BCUT2D eigenvalue weighted by molar-refractivity contribution is 7.09. The fraction of sp³-hybridized carbons (Fsp3) is 0.348. The number of carbonyl (C=O) groups excluding carboxylic acids is 1. The molecular weight excluding hydrogens is 370 g/mol. The van der Waals surface area contributed by atoms with Gasteiger partial charge in [-0.1, -0.05) is 39.0 Å². The second-order valence-corrected chi connectivity index (χ2v) is 8.82. The van der Waals surface area contributed by atoms with Crippen LogP contribution in [0.25, 0.3) is 0 Å². The standard InChI is InChI=1S/C23H27NO3S/c1-23(2,3)18-8-10-19(11-9-18)27-17-22(25)24(16-20-6-4-14-26-20)13-12-21-7-5-15-28-21/h4-11,14-15H,12-13,16-17H2,1-3H3. The zero-order valence-corrected chi connectivity index (χ0v) is 17.5. The van der Waals surface area contributed by atoms with Crippen molar-refractivity contribution in [3.63, 3.8) is 0 Å². The van der Waals surface area contributed by atoms with Gasteiger partial charge in [0.1, 0.15) is 11.5 Å². The Morgan fingerprint density at radius 1 is 1.11 bits per heavy atom. The Morgan fingerprint density at radius 3 is 2.50 bits per heavy atom. The van der Waals surface area contributed by atoms with Crippen LogP contribution < -0.4 is 4.74 Å². The molecule has 28 heavy (non-hydrogen) atoms. The Bertz CT molecular complexity index is 846. The lowest BCUT2D eigenvalue weighted by Gasteiger charge is -2.22. The minimum Gasteiger partial charge on any atom is -0.484 e. The van der Waals surface area contributed by atoms with E-state index in [0.29, 0.717) is 18.8 Å². The molecule has 0 bridgehead atoms. The fourth-order valence-corrected chi connectivity index (χ4v) is 3.57. The van der Waals surface area contributed by atoms with Crippen LogP contribution >= 0.6 is 11.3 Å². The van der Waals surface area contributed by atoms with Gasteiger partial charge >= 0.3 is 0 Å². The van der Waals surface area contributed by atoms with E-state index in [0.717, 1.165) is 12.2 Å². The number of furan rings is 1. The van der Waals surface area contributed by atoms with Crippen LogP contribution in [-0.2, 0) is 23.2 Å². The van der Waals surface area contributed by atoms with E-state index in [1.807, 2.05) is 30.3 Å². The number of hydrogen-bond acceptors (Lipinski definition) is 4. The molecule has 5 heteroatoms. The maximum Gasteiger partial charge on any atom is 0.260 e. The summed E-state index contributed by atoms with van der Waals surface area (Å²) in [6.45, 7) is 7.61. The SMILES string of the molecule is CC(C)(C)c1ccc(OCC(=O)N(CCc2cccs2)Cc2ccco2)cc1. The van der Waals surface area contributed by atoms with Gasteiger partial charge in [0.25, 0.3) is 5.91 Å². The number of thiophene rings is 1. The van der Waals surface area contributed by atoms with E-state index in [-0.39, 0.29) is 17.9 Å². The molecule has 4 nitrogen and oxygen atoms in total. The first kappa shape index (κ1) is 20.2. The first-order valence-electron chi connectivity index (χ1n) is 9.48. The molecule has 3 rings (SSSR count).